The van der Waals surface area contributed by atoms with Crippen LogP contribution in [-0.2, 0) is 0 Å². The lowest BCUT2D eigenvalue weighted by Crippen LogP contribution is -2.22. The third kappa shape index (κ3) is 2.38. The van der Waals surface area contributed by atoms with Crippen LogP contribution in [0.25, 0.3) is 12.2 Å². The number of aromatic hydroxyl groups is 3. The first-order valence-electron chi connectivity index (χ1n) is 8.07. The van der Waals surface area contributed by atoms with E-state index in [2.05, 4.69) is 6.58 Å². The Balaban J connectivity index is 2.22. The van der Waals surface area contributed by atoms with Crippen LogP contribution in [0.2, 0.25) is 0 Å². The van der Waals surface area contributed by atoms with Crippen molar-refractivity contribution in [3.05, 3.63) is 75.7 Å². The lowest BCUT2D eigenvalue weighted by atomic mass is 9.89. The Morgan fingerprint density at radius 3 is 2.37 bits per heavy atom. The minimum absolute atomic E-state index is 0.0299. The second kappa shape index (κ2) is 5.81. The Hall–Kier alpha value is -3.93. The molecule has 0 fully saturated rings. The van der Waals surface area contributed by atoms with Crippen molar-refractivity contribution in [3.63, 3.8) is 0 Å². The number of amides is 1. The molecule has 0 bridgehead atoms. The van der Waals surface area contributed by atoms with Crippen LogP contribution in [0, 0.1) is 0 Å². The number of ether oxygens (including phenoxy) is 1. The molecular weight excluding hydrogens is 346 g/mol. The summed E-state index contributed by atoms with van der Waals surface area (Å²) in [7, 11) is 0. The second-order valence-electron chi connectivity index (χ2n) is 6.15. The molecule has 5 N–H and O–H groups in total. The molecule has 0 saturated heterocycles. The monoisotopic (exact) mass is 361 g/mol. The number of phenols is 3. The number of primary amides is 1. The van der Waals surface area contributed by atoms with Gasteiger partial charge in [0.1, 0.15) is 0 Å². The first-order chi connectivity index (χ1) is 12.9. The zero-order valence-electron chi connectivity index (χ0n) is 14.1. The molecule has 0 radical (unpaired) electrons. The van der Waals surface area contributed by atoms with E-state index < -0.39 is 11.7 Å². The summed E-state index contributed by atoms with van der Waals surface area (Å²) in [4.78, 5) is 12.0. The number of carbonyl (C=O) groups excluding carboxylic acids is 1. The standard InChI is InChI=1S/C21H15NO5/c1-10-6-7-13-16(11-4-2-3-5-12(11)21(22)26)14-8-9-15(23)18(25)20(14)27-19(13)17(10)24/h2-9,23-25H,1H2,(H2,22,26). The molecule has 1 aliphatic heterocycles. The Bertz CT molecular complexity index is 1230. The maximum Gasteiger partial charge on any atom is 0.249 e. The molecule has 1 aliphatic rings. The van der Waals surface area contributed by atoms with Crippen LogP contribution in [0.5, 0.6) is 28.7 Å². The van der Waals surface area contributed by atoms with Crippen molar-refractivity contribution in [1.82, 2.24) is 0 Å². The number of carbonyl (C=O) groups is 1. The maximum atomic E-state index is 12.0. The summed E-state index contributed by atoms with van der Waals surface area (Å²) >= 11 is 0. The number of hydrogen-bond donors (Lipinski definition) is 4. The van der Waals surface area contributed by atoms with Crippen LogP contribution in [0.1, 0.15) is 21.5 Å². The van der Waals surface area contributed by atoms with Crippen LogP contribution < -0.4 is 20.9 Å². The predicted molar refractivity (Wildman–Crippen MR) is 99.3 cm³/mol. The summed E-state index contributed by atoms with van der Waals surface area (Å²) in [6.45, 7) is 3.74. The molecule has 134 valence electrons. The average Bonchev–Trinajstić information content (AvgIpc) is 2.66. The molecule has 27 heavy (non-hydrogen) atoms. The molecule has 1 amide bonds. The number of fused-ring (bicyclic) bond motifs is 2. The lowest BCUT2D eigenvalue weighted by Gasteiger charge is -2.23. The van der Waals surface area contributed by atoms with E-state index in [-0.39, 0.29) is 28.6 Å². The molecule has 0 saturated carbocycles. The van der Waals surface area contributed by atoms with E-state index in [4.69, 9.17) is 10.5 Å². The molecule has 0 aromatic heterocycles. The molecule has 4 rings (SSSR count). The van der Waals surface area contributed by atoms with Crippen molar-refractivity contribution in [1.29, 1.82) is 0 Å². The average molecular weight is 361 g/mol. The fourth-order valence-corrected chi connectivity index (χ4v) is 3.23. The summed E-state index contributed by atoms with van der Waals surface area (Å²) in [6.07, 6.45) is 0. The number of phenolic OH excluding ortho intramolecular Hbond substituents is 3. The van der Waals surface area contributed by atoms with Crippen molar-refractivity contribution in [2.75, 3.05) is 0 Å². The van der Waals surface area contributed by atoms with Crippen molar-refractivity contribution in [3.8, 4) is 28.7 Å². The summed E-state index contributed by atoms with van der Waals surface area (Å²) in [5, 5.41) is 31.4. The Morgan fingerprint density at radius 2 is 1.63 bits per heavy atom. The third-order valence-corrected chi connectivity index (χ3v) is 4.53. The van der Waals surface area contributed by atoms with Crippen LogP contribution in [0.4, 0.5) is 0 Å². The SMILES string of the molecule is C=c1ccc2c(c1O)Oc1c(ccc(O)c1O)C=2c1ccccc1C(N)=O. The molecular formula is C21H15NO5. The van der Waals surface area contributed by atoms with Gasteiger partial charge in [-0.2, -0.15) is 0 Å². The van der Waals surface area contributed by atoms with Crippen LogP contribution in [-0.4, -0.2) is 21.2 Å². The summed E-state index contributed by atoms with van der Waals surface area (Å²) in [6, 6.07) is 13.0. The van der Waals surface area contributed by atoms with E-state index >= 15 is 0 Å². The Morgan fingerprint density at radius 1 is 0.889 bits per heavy atom. The summed E-state index contributed by atoms with van der Waals surface area (Å²) < 4.78 is 5.72. The zero-order valence-corrected chi connectivity index (χ0v) is 14.1. The predicted octanol–water partition coefficient (Wildman–Crippen LogP) is 1.67. The van der Waals surface area contributed by atoms with E-state index in [1.54, 1.807) is 42.5 Å². The largest absolute Gasteiger partial charge is 0.504 e. The lowest BCUT2D eigenvalue weighted by molar-refractivity contribution is 0.1000. The second-order valence-corrected chi connectivity index (χ2v) is 6.15. The third-order valence-electron chi connectivity index (χ3n) is 4.53. The van der Waals surface area contributed by atoms with Gasteiger partial charge < -0.3 is 25.8 Å². The zero-order chi connectivity index (χ0) is 19.3. The van der Waals surface area contributed by atoms with Crippen LogP contribution in [0.15, 0.2) is 48.5 Å². The van der Waals surface area contributed by atoms with Gasteiger partial charge in [0.25, 0.3) is 0 Å². The molecule has 3 aromatic carbocycles. The number of rotatable bonds is 2. The Kier molecular flexibility index (Phi) is 3.56. The highest BCUT2D eigenvalue weighted by Crippen LogP contribution is 2.47. The van der Waals surface area contributed by atoms with Crippen molar-refractivity contribution in [2.24, 2.45) is 5.73 Å². The van der Waals surface area contributed by atoms with Crippen LogP contribution >= 0.6 is 0 Å². The highest BCUT2D eigenvalue weighted by atomic mass is 16.5. The van der Waals surface area contributed by atoms with Crippen molar-refractivity contribution < 1.29 is 24.9 Å². The topological polar surface area (TPSA) is 113 Å². The minimum Gasteiger partial charge on any atom is -0.504 e. The normalized spacial score (nSPS) is 12.1. The fraction of sp³-hybridized carbons (Fsp3) is 0. The van der Waals surface area contributed by atoms with E-state index in [1.807, 2.05) is 0 Å². The highest BCUT2D eigenvalue weighted by Gasteiger charge is 2.28. The summed E-state index contributed by atoms with van der Waals surface area (Å²) in [5.41, 5.74) is 7.30. The van der Waals surface area contributed by atoms with E-state index in [0.717, 1.165) is 0 Å². The molecule has 0 aliphatic carbocycles. The van der Waals surface area contributed by atoms with E-state index in [9.17, 15) is 20.1 Å². The number of nitrogens with two attached hydrogens (primary N) is 1. The fourth-order valence-electron chi connectivity index (χ4n) is 3.23. The van der Waals surface area contributed by atoms with Gasteiger partial charge in [-0.3, -0.25) is 4.79 Å². The van der Waals surface area contributed by atoms with E-state index in [0.29, 0.717) is 27.1 Å². The van der Waals surface area contributed by atoms with Gasteiger partial charge in [0.2, 0.25) is 11.7 Å². The molecule has 3 aromatic rings. The van der Waals surface area contributed by atoms with Gasteiger partial charge in [-0.25, -0.2) is 0 Å². The molecule has 6 heteroatoms. The first-order valence-corrected chi connectivity index (χ1v) is 8.07. The quantitative estimate of drug-likeness (QED) is 0.406. The van der Waals surface area contributed by atoms with Gasteiger partial charge in [-0.1, -0.05) is 30.8 Å². The summed E-state index contributed by atoms with van der Waals surface area (Å²) in [5.74, 6) is -1.61. The maximum absolute atomic E-state index is 12.0. The Labute approximate surface area is 153 Å². The van der Waals surface area contributed by atoms with Crippen molar-refractivity contribution in [2.45, 2.75) is 0 Å². The molecule has 0 unspecified atom stereocenters. The first kappa shape index (κ1) is 16.5. The molecule has 0 spiro atoms. The van der Waals surface area contributed by atoms with Gasteiger partial charge >= 0.3 is 0 Å². The molecule has 0 atom stereocenters. The number of benzene rings is 3. The highest BCUT2D eigenvalue weighted by molar-refractivity contribution is 6.01. The van der Waals surface area contributed by atoms with Gasteiger partial charge in [0, 0.05) is 27.1 Å². The van der Waals surface area contributed by atoms with Crippen LogP contribution in [0.3, 0.4) is 0 Å². The molecule has 1 heterocycles. The smallest absolute Gasteiger partial charge is 0.249 e. The minimum atomic E-state index is -0.617. The van der Waals surface area contributed by atoms with Crippen molar-refractivity contribution >= 4 is 18.1 Å². The van der Waals surface area contributed by atoms with Gasteiger partial charge in [0.05, 0.1) is 0 Å². The van der Waals surface area contributed by atoms with E-state index in [1.165, 1.54) is 6.07 Å². The number of hydrogen-bond acceptors (Lipinski definition) is 5. The molecule has 6 nitrogen and oxygen atoms in total. The van der Waals surface area contributed by atoms with Gasteiger partial charge in [-0.05, 0) is 29.8 Å². The van der Waals surface area contributed by atoms with Gasteiger partial charge in [-0.15, -0.1) is 0 Å². The van der Waals surface area contributed by atoms with Gasteiger partial charge in [0.15, 0.2) is 23.0 Å².